The van der Waals surface area contributed by atoms with Gasteiger partial charge >= 0.3 is 0 Å². The molecule has 1 rings (SSSR count). The molecule has 1 saturated heterocycles. The fourth-order valence-corrected chi connectivity index (χ4v) is 2.07. The maximum atomic E-state index is 9.86. The third-order valence-corrected chi connectivity index (χ3v) is 3.18. The predicted octanol–water partition coefficient (Wildman–Crippen LogP) is 0.789. The lowest BCUT2D eigenvalue weighted by atomic mass is 9.82. The van der Waals surface area contributed by atoms with Crippen molar-refractivity contribution >= 4 is 0 Å². The highest BCUT2D eigenvalue weighted by Crippen LogP contribution is 2.31. The molecule has 0 spiro atoms. The van der Waals surface area contributed by atoms with Gasteiger partial charge in [-0.3, -0.25) is 0 Å². The Hall–Kier alpha value is -0.120. The van der Waals surface area contributed by atoms with Gasteiger partial charge in [0.2, 0.25) is 0 Å². The molecule has 1 heterocycles. The number of rotatable bonds is 2. The van der Waals surface area contributed by atoms with Crippen molar-refractivity contribution in [1.29, 1.82) is 0 Å². The first-order chi connectivity index (χ1) is 6.11. The highest BCUT2D eigenvalue weighted by atomic mass is 16.5. The number of hydrogen-bond donors (Lipinski definition) is 2. The minimum atomic E-state index is -0.351. The summed E-state index contributed by atoms with van der Waals surface area (Å²) in [6.07, 6.45) is 0.428. The highest BCUT2D eigenvalue weighted by Gasteiger charge is 2.39. The van der Waals surface area contributed by atoms with Crippen LogP contribution in [-0.2, 0) is 4.74 Å². The molecule has 78 valence electrons. The lowest BCUT2D eigenvalue weighted by Crippen LogP contribution is -2.49. The van der Waals surface area contributed by atoms with Crippen LogP contribution in [-0.4, -0.2) is 35.1 Å². The van der Waals surface area contributed by atoms with E-state index >= 15 is 0 Å². The lowest BCUT2D eigenvalue weighted by molar-refractivity contribution is -0.174. The number of hydrogen-bond acceptors (Lipinski definition) is 3. The van der Waals surface area contributed by atoms with Crippen molar-refractivity contribution < 1.29 is 14.9 Å². The molecule has 0 radical (unpaired) electrons. The largest absolute Gasteiger partial charge is 0.394 e. The number of aliphatic hydroxyl groups excluding tert-OH is 2. The van der Waals surface area contributed by atoms with Crippen LogP contribution in [0.25, 0.3) is 0 Å². The Balaban J connectivity index is 2.66. The van der Waals surface area contributed by atoms with E-state index in [2.05, 4.69) is 0 Å². The van der Waals surface area contributed by atoms with E-state index in [-0.39, 0.29) is 36.8 Å². The van der Waals surface area contributed by atoms with Gasteiger partial charge in [0, 0.05) is 11.8 Å². The van der Waals surface area contributed by atoms with Crippen LogP contribution < -0.4 is 0 Å². The number of ether oxygens (including phenoxy) is 1. The fourth-order valence-electron chi connectivity index (χ4n) is 2.07. The van der Waals surface area contributed by atoms with E-state index < -0.39 is 0 Å². The first-order valence-corrected chi connectivity index (χ1v) is 5.06. The molecule has 5 atom stereocenters. The SMILES string of the molecule is CCC1OC(CO)C(C)C(O)C1C. The zero-order chi connectivity index (χ0) is 10.0. The van der Waals surface area contributed by atoms with Gasteiger partial charge in [0.05, 0.1) is 24.9 Å². The van der Waals surface area contributed by atoms with Gasteiger partial charge in [0.1, 0.15) is 0 Å². The summed E-state index contributed by atoms with van der Waals surface area (Å²) in [4.78, 5) is 0. The quantitative estimate of drug-likeness (QED) is 0.673. The zero-order valence-electron chi connectivity index (χ0n) is 8.60. The minimum Gasteiger partial charge on any atom is -0.394 e. The van der Waals surface area contributed by atoms with Crippen LogP contribution in [0.1, 0.15) is 27.2 Å². The van der Waals surface area contributed by atoms with Gasteiger partial charge < -0.3 is 14.9 Å². The molecule has 0 aliphatic carbocycles. The van der Waals surface area contributed by atoms with Crippen molar-refractivity contribution in [3.05, 3.63) is 0 Å². The third kappa shape index (κ3) is 2.03. The molecular formula is C10H20O3. The van der Waals surface area contributed by atoms with E-state index in [0.717, 1.165) is 6.42 Å². The smallest absolute Gasteiger partial charge is 0.0859 e. The first-order valence-electron chi connectivity index (χ1n) is 5.06. The molecule has 5 unspecified atom stereocenters. The Morgan fingerprint density at radius 1 is 1.15 bits per heavy atom. The fraction of sp³-hybridized carbons (Fsp3) is 1.00. The van der Waals surface area contributed by atoms with Crippen molar-refractivity contribution in [2.75, 3.05) is 6.61 Å². The molecule has 0 amide bonds. The van der Waals surface area contributed by atoms with Gasteiger partial charge in [-0.1, -0.05) is 20.8 Å². The molecule has 0 saturated carbocycles. The Kier molecular flexibility index (Phi) is 3.71. The van der Waals surface area contributed by atoms with Crippen LogP contribution >= 0.6 is 0 Å². The predicted molar refractivity (Wildman–Crippen MR) is 50.4 cm³/mol. The molecule has 2 N–H and O–H groups in total. The van der Waals surface area contributed by atoms with Crippen molar-refractivity contribution in [1.82, 2.24) is 0 Å². The molecule has 1 aliphatic heterocycles. The molecule has 0 bridgehead atoms. The Morgan fingerprint density at radius 3 is 2.15 bits per heavy atom. The molecule has 0 aromatic heterocycles. The normalized spacial score (nSPS) is 46.4. The monoisotopic (exact) mass is 188 g/mol. The Morgan fingerprint density at radius 2 is 1.69 bits per heavy atom. The Labute approximate surface area is 79.7 Å². The summed E-state index contributed by atoms with van der Waals surface area (Å²) in [6, 6.07) is 0. The molecule has 3 nitrogen and oxygen atoms in total. The molecule has 3 heteroatoms. The van der Waals surface area contributed by atoms with Gasteiger partial charge in [-0.25, -0.2) is 0 Å². The average Bonchev–Trinajstić information content (AvgIpc) is 2.15. The van der Waals surface area contributed by atoms with Crippen molar-refractivity contribution in [2.24, 2.45) is 11.8 Å². The van der Waals surface area contributed by atoms with Gasteiger partial charge in [-0.2, -0.15) is 0 Å². The number of aliphatic hydroxyl groups is 2. The van der Waals surface area contributed by atoms with Gasteiger partial charge in [0.15, 0.2) is 0 Å². The van der Waals surface area contributed by atoms with Crippen LogP contribution in [0.4, 0.5) is 0 Å². The molecule has 0 aromatic rings. The summed E-state index contributed by atoms with van der Waals surface area (Å²) < 4.78 is 5.67. The van der Waals surface area contributed by atoms with E-state index in [4.69, 9.17) is 9.84 Å². The molecule has 13 heavy (non-hydrogen) atoms. The minimum absolute atomic E-state index is 0.00144. The molecule has 0 aromatic carbocycles. The van der Waals surface area contributed by atoms with E-state index in [1.807, 2.05) is 20.8 Å². The second kappa shape index (κ2) is 4.40. The first kappa shape index (κ1) is 11.0. The van der Waals surface area contributed by atoms with Crippen LogP contribution in [0.2, 0.25) is 0 Å². The van der Waals surface area contributed by atoms with Crippen molar-refractivity contribution in [3.8, 4) is 0 Å². The third-order valence-electron chi connectivity index (χ3n) is 3.18. The summed E-state index contributed by atoms with van der Waals surface area (Å²) in [7, 11) is 0. The van der Waals surface area contributed by atoms with Crippen molar-refractivity contribution in [2.45, 2.75) is 45.5 Å². The summed E-state index contributed by atoms with van der Waals surface area (Å²) in [5.74, 6) is 0.200. The average molecular weight is 188 g/mol. The second-order valence-corrected chi connectivity index (χ2v) is 4.01. The zero-order valence-corrected chi connectivity index (χ0v) is 8.60. The van der Waals surface area contributed by atoms with E-state index in [0.29, 0.717) is 0 Å². The summed E-state index contributed by atoms with van der Waals surface area (Å²) in [5.41, 5.74) is 0. The highest BCUT2D eigenvalue weighted by molar-refractivity contribution is 4.86. The summed E-state index contributed by atoms with van der Waals surface area (Å²) in [6.45, 7) is 5.97. The lowest BCUT2D eigenvalue weighted by Gasteiger charge is -2.41. The van der Waals surface area contributed by atoms with Gasteiger partial charge in [-0.15, -0.1) is 0 Å². The molecular weight excluding hydrogens is 168 g/mol. The maximum absolute atomic E-state index is 9.86. The summed E-state index contributed by atoms with van der Waals surface area (Å²) >= 11 is 0. The van der Waals surface area contributed by atoms with Gasteiger partial charge in [0.25, 0.3) is 0 Å². The topological polar surface area (TPSA) is 49.7 Å². The molecule has 1 fully saturated rings. The van der Waals surface area contributed by atoms with Gasteiger partial charge in [-0.05, 0) is 6.42 Å². The standard InChI is InChI=1S/C10H20O3/c1-4-8-6(2)10(12)7(3)9(5-11)13-8/h6-12H,4-5H2,1-3H3. The second-order valence-electron chi connectivity index (χ2n) is 4.01. The summed E-state index contributed by atoms with van der Waals surface area (Å²) in [5, 5.41) is 18.9. The van der Waals surface area contributed by atoms with Crippen LogP contribution in [0, 0.1) is 11.8 Å². The van der Waals surface area contributed by atoms with E-state index in [1.165, 1.54) is 0 Å². The maximum Gasteiger partial charge on any atom is 0.0859 e. The Bertz CT molecular complexity index is 140. The molecule has 1 aliphatic rings. The van der Waals surface area contributed by atoms with Crippen LogP contribution in [0.3, 0.4) is 0 Å². The van der Waals surface area contributed by atoms with Crippen LogP contribution in [0.5, 0.6) is 0 Å². The van der Waals surface area contributed by atoms with Crippen LogP contribution in [0.15, 0.2) is 0 Å². The van der Waals surface area contributed by atoms with Crippen molar-refractivity contribution in [3.63, 3.8) is 0 Å². The van der Waals surface area contributed by atoms with E-state index in [9.17, 15) is 5.11 Å². The van der Waals surface area contributed by atoms with E-state index in [1.54, 1.807) is 0 Å².